The topological polar surface area (TPSA) is 37.3 Å². The molecule has 0 aromatic carbocycles. The number of rotatable bonds is 1. The van der Waals surface area contributed by atoms with Crippen molar-refractivity contribution >= 4 is 5.97 Å². The normalized spacial score (nSPS) is 27.8. The summed E-state index contributed by atoms with van der Waals surface area (Å²) in [6, 6.07) is 0. The molecule has 0 aromatic heterocycles. The molecule has 0 heterocycles. The second-order valence-electron chi connectivity index (χ2n) is 2.26. The van der Waals surface area contributed by atoms with Crippen molar-refractivity contribution < 1.29 is 18.1 Å². The van der Waals surface area contributed by atoms with Crippen molar-refractivity contribution in [1.29, 1.82) is 0 Å². The lowest BCUT2D eigenvalue weighted by atomic mass is 9.82. The first-order chi connectivity index (χ1) is 6.35. The summed E-state index contributed by atoms with van der Waals surface area (Å²) in [5.74, 6) is -2.90. The van der Waals surface area contributed by atoms with E-state index in [0.29, 0.717) is 0 Å². The van der Waals surface area contributed by atoms with Crippen LogP contribution in [-0.2, 0) is 4.79 Å². The van der Waals surface area contributed by atoms with Crippen LogP contribution in [0.25, 0.3) is 0 Å². The Kier molecular flexibility index (Phi) is 0.688. The van der Waals surface area contributed by atoms with Crippen LogP contribution in [-0.4, -0.2) is 11.1 Å². The highest BCUT2D eigenvalue weighted by molar-refractivity contribution is 5.70. The highest BCUT2D eigenvalue weighted by Gasteiger charge is 2.25. The van der Waals surface area contributed by atoms with E-state index in [2.05, 4.69) is 0 Å². The molecular formula is C7H14O2. The van der Waals surface area contributed by atoms with E-state index < -0.39 is 31.0 Å². The average Bonchev–Trinajstić information content (AvgIpc) is 1.96. The predicted octanol–water partition coefficient (Wildman–Crippen LogP) is 1.75. The Labute approximate surface area is 64.3 Å². The zero-order valence-electron chi connectivity index (χ0n) is 11.4. The van der Waals surface area contributed by atoms with Crippen molar-refractivity contribution in [1.82, 2.24) is 0 Å². The van der Waals surface area contributed by atoms with Crippen molar-refractivity contribution in [3.8, 4) is 0 Å². The van der Waals surface area contributed by atoms with Gasteiger partial charge in [0.25, 0.3) is 0 Å². The number of carbonyl (C=O) groups is 1. The lowest BCUT2D eigenvalue weighted by Gasteiger charge is -2.22. The van der Waals surface area contributed by atoms with Crippen LogP contribution in [0.4, 0.5) is 0 Å². The van der Waals surface area contributed by atoms with Gasteiger partial charge in [0, 0.05) is 8.22 Å². The van der Waals surface area contributed by atoms with E-state index in [4.69, 9.17) is 13.3 Å². The zero-order chi connectivity index (χ0) is 12.7. The highest BCUT2D eigenvalue weighted by atomic mass is 16.4. The van der Waals surface area contributed by atoms with Crippen LogP contribution in [0, 0.1) is 11.3 Å². The van der Waals surface area contributed by atoms with Crippen molar-refractivity contribution in [2.75, 3.05) is 0 Å². The van der Waals surface area contributed by atoms with Gasteiger partial charge in [0.2, 0.25) is 0 Å². The summed E-state index contributed by atoms with van der Waals surface area (Å²) in [4.78, 5) is 10.7. The fourth-order valence-electron chi connectivity index (χ4n) is 0.247. The van der Waals surface area contributed by atoms with Crippen LogP contribution in [0.2, 0.25) is 0 Å². The summed E-state index contributed by atoms with van der Waals surface area (Å²) < 4.78 is 43.1. The number of carboxylic acids is 1. The molecule has 54 valence electrons. The first kappa shape index (κ1) is 2.60. The monoisotopic (exact) mass is 136 g/mol. The molecular weight excluding hydrogens is 116 g/mol. The molecule has 0 radical (unpaired) electrons. The molecule has 2 heteroatoms. The van der Waals surface area contributed by atoms with Gasteiger partial charge in [-0.1, -0.05) is 27.6 Å². The van der Waals surface area contributed by atoms with Crippen LogP contribution in [0.5, 0.6) is 0 Å². The second kappa shape index (κ2) is 2.38. The molecule has 0 spiro atoms. The van der Waals surface area contributed by atoms with E-state index in [1.54, 1.807) is 0 Å². The lowest BCUT2D eigenvalue weighted by Crippen LogP contribution is -2.25. The van der Waals surface area contributed by atoms with Crippen LogP contribution in [0.1, 0.15) is 35.8 Å². The summed E-state index contributed by atoms with van der Waals surface area (Å²) in [6.45, 7) is -3.64. The van der Waals surface area contributed by atoms with Crippen LogP contribution < -0.4 is 0 Å². The molecule has 0 amide bonds. The summed E-state index contributed by atoms with van der Waals surface area (Å²) in [5, 5.41) is 8.74. The average molecular weight is 136 g/mol. The Morgan fingerprint density at radius 1 is 1.78 bits per heavy atom. The van der Waals surface area contributed by atoms with Gasteiger partial charge < -0.3 is 5.11 Å². The van der Waals surface area contributed by atoms with Crippen molar-refractivity contribution in [3.63, 3.8) is 0 Å². The van der Waals surface area contributed by atoms with Gasteiger partial charge in [0.05, 0.1) is 5.92 Å². The summed E-state index contributed by atoms with van der Waals surface area (Å²) in [6.07, 6.45) is 0. The molecule has 0 saturated carbocycles. The molecule has 0 bridgehead atoms. The van der Waals surface area contributed by atoms with E-state index in [1.807, 2.05) is 0 Å². The van der Waals surface area contributed by atoms with Crippen LogP contribution >= 0.6 is 0 Å². The molecule has 0 fully saturated rings. The maximum absolute atomic E-state index is 10.7. The maximum Gasteiger partial charge on any atom is 0.306 e. The molecule has 1 atom stereocenters. The van der Waals surface area contributed by atoms with Crippen LogP contribution in [0.15, 0.2) is 0 Å². The highest BCUT2D eigenvalue weighted by Crippen LogP contribution is 2.24. The van der Waals surface area contributed by atoms with Gasteiger partial charge in [0.15, 0.2) is 0 Å². The molecule has 9 heavy (non-hydrogen) atoms. The molecule has 0 unspecified atom stereocenters. The zero-order valence-corrected chi connectivity index (χ0v) is 5.43. The Morgan fingerprint density at radius 2 is 2.22 bits per heavy atom. The van der Waals surface area contributed by atoms with Crippen molar-refractivity contribution in [2.45, 2.75) is 27.6 Å². The van der Waals surface area contributed by atoms with E-state index in [-0.39, 0.29) is 0 Å². The summed E-state index contributed by atoms with van der Waals surface area (Å²) in [7, 11) is 0. The van der Waals surface area contributed by atoms with Crippen molar-refractivity contribution in [3.05, 3.63) is 0 Å². The number of aliphatic carboxylic acids is 1. The molecule has 1 N–H and O–H groups in total. The molecule has 0 saturated heterocycles. The van der Waals surface area contributed by atoms with Gasteiger partial charge in [-0.25, -0.2) is 0 Å². The Morgan fingerprint density at radius 3 is 2.33 bits per heavy atom. The molecule has 0 rings (SSSR count). The third-order valence-electron chi connectivity index (χ3n) is 1.24. The number of hydrogen-bond donors (Lipinski definition) is 1. The molecule has 2 nitrogen and oxygen atoms in total. The fraction of sp³-hybridized carbons (Fsp3) is 0.857. The Bertz CT molecular complexity index is 239. The van der Waals surface area contributed by atoms with E-state index in [0.717, 1.165) is 13.8 Å². The van der Waals surface area contributed by atoms with Gasteiger partial charge in [0.1, 0.15) is 0 Å². The summed E-state index contributed by atoms with van der Waals surface area (Å²) >= 11 is 0. The largest absolute Gasteiger partial charge is 0.481 e. The SMILES string of the molecule is [2H]C([2H])([2H])C(C)([C@H](C)C(=O)O)C([2H])([2H])[2H]. The third-order valence-corrected chi connectivity index (χ3v) is 1.24. The Balaban J connectivity index is 5.53. The first-order valence-electron chi connectivity index (χ1n) is 5.58. The molecule has 0 aliphatic carbocycles. The smallest absolute Gasteiger partial charge is 0.306 e. The molecule has 0 aromatic rings. The third kappa shape index (κ3) is 2.49. The van der Waals surface area contributed by atoms with Gasteiger partial charge in [-0.3, -0.25) is 4.79 Å². The summed E-state index contributed by atoms with van der Waals surface area (Å²) in [5.41, 5.74) is -2.24. The minimum atomic E-state index is -2.85. The number of hydrogen-bond acceptors (Lipinski definition) is 1. The van der Waals surface area contributed by atoms with Gasteiger partial charge in [-0.05, 0) is 5.41 Å². The fourth-order valence-corrected chi connectivity index (χ4v) is 0.247. The van der Waals surface area contributed by atoms with Gasteiger partial charge in [-0.2, -0.15) is 0 Å². The van der Waals surface area contributed by atoms with Crippen molar-refractivity contribution in [2.24, 2.45) is 11.3 Å². The maximum atomic E-state index is 10.7. The molecule has 0 aliphatic heterocycles. The Hall–Kier alpha value is -0.530. The molecule has 0 aliphatic rings. The quantitative estimate of drug-likeness (QED) is 0.596. The minimum absolute atomic E-state index is 0.964. The van der Waals surface area contributed by atoms with Gasteiger partial charge in [-0.15, -0.1) is 0 Å². The van der Waals surface area contributed by atoms with E-state index >= 15 is 0 Å². The van der Waals surface area contributed by atoms with Gasteiger partial charge >= 0.3 is 5.97 Å². The lowest BCUT2D eigenvalue weighted by molar-refractivity contribution is -0.144. The van der Waals surface area contributed by atoms with E-state index in [9.17, 15) is 4.79 Å². The standard InChI is InChI=1S/C7H14O2/c1-5(6(8)9)7(2,3)4/h5H,1-4H3,(H,8,9)/t5-/m1/s1/i2D3,3D3. The first-order valence-corrected chi connectivity index (χ1v) is 2.58. The van der Waals surface area contributed by atoms with E-state index in [1.165, 1.54) is 0 Å². The van der Waals surface area contributed by atoms with Crippen LogP contribution in [0.3, 0.4) is 0 Å². The predicted molar refractivity (Wildman–Crippen MR) is 36.3 cm³/mol. The minimum Gasteiger partial charge on any atom is -0.481 e. The second-order valence-corrected chi connectivity index (χ2v) is 2.26. The number of carboxylic acid groups (broad SMARTS) is 1.